The highest BCUT2D eigenvalue weighted by atomic mass is 35.5. The normalized spacial score (nSPS) is 10.8. The van der Waals surface area contributed by atoms with E-state index in [0.29, 0.717) is 23.1 Å². The van der Waals surface area contributed by atoms with Crippen LogP contribution in [0.15, 0.2) is 54.1 Å². The van der Waals surface area contributed by atoms with E-state index in [2.05, 4.69) is 12.2 Å². The van der Waals surface area contributed by atoms with Crippen molar-refractivity contribution in [3.05, 3.63) is 64.7 Å². The number of rotatable bonds is 7. The predicted octanol–water partition coefficient (Wildman–Crippen LogP) is 5.06. The number of hydrogen-bond donors (Lipinski definition) is 1. The van der Waals surface area contributed by atoms with Gasteiger partial charge in [-0.2, -0.15) is 5.26 Å². The summed E-state index contributed by atoms with van der Waals surface area (Å²) in [6.45, 7) is 2.66. The average Bonchev–Trinajstić information content (AvgIpc) is 2.62. The van der Waals surface area contributed by atoms with Crippen LogP contribution in [0.3, 0.4) is 0 Å². The van der Waals surface area contributed by atoms with Gasteiger partial charge in [-0.15, -0.1) is 0 Å². The number of halogens is 1. The molecule has 128 valence electrons. The lowest BCUT2D eigenvalue weighted by Crippen LogP contribution is -2.14. The lowest BCUT2D eigenvalue weighted by atomic mass is 10.1. The van der Waals surface area contributed by atoms with Gasteiger partial charge in [-0.25, -0.2) is 0 Å². The molecule has 0 aliphatic heterocycles. The van der Waals surface area contributed by atoms with Crippen LogP contribution in [0.2, 0.25) is 5.02 Å². The van der Waals surface area contributed by atoms with Crippen molar-refractivity contribution in [2.24, 2.45) is 0 Å². The number of unbranched alkanes of at least 4 members (excludes halogenated alkanes) is 1. The Kier molecular flexibility index (Phi) is 7.06. The van der Waals surface area contributed by atoms with Crippen LogP contribution < -0.4 is 10.1 Å². The van der Waals surface area contributed by atoms with Gasteiger partial charge in [-0.1, -0.05) is 49.2 Å². The first-order chi connectivity index (χ1) is 12.1. The Hall–Kier alpha value is -2.77. The number of para-hydroxylation sites is 2. The molecular formula is C20H19ClN2O2. The van der Waals surface area contributed by atoms with Crippen molar-refractivity contribution in [3.63, 3.8) is 0 Å². The van der Waals surface area contributed by atoms with Crippen molar-refractivity contribution < 1.29 is 9.53 Å². The molecule has 0 radical (unpaired) electrons. The molecule has 0 aromatic heterocycles. The van der Waals surface area contributed by atoms with Crippen LogP contribution >= 0.6 is 11.6 Å². The number of benzene rings is 2. The second-order valence-electron chi connectivity index (χ2n) is 5.37. The number of nitrogens with zero attached hydrogens (tertiary/aromatic N) is 1. The van der Waals surface area contributed by atoms with E-state index >= 15 is 0 Å². The number of hydrogen-bond acceptors (Lipinski definition) is 3. The molecular weight excluding hydrogens is 336 g/mol. The predicted molar refractivity (Wildman–Crippen MR) is 101 cm³/mol. The molecule has 0 aliphatic carbocycles. The average molecular weight is 355 g/mol. The summed E-state index contributed by atoms with van der Waals surface area (Å²) < 4.78 is 5.69. The number of nitrogens with one attached hydrogen (secondary N) is 1. The molecule has 0 spiro atoms. The highest BCUT2D eigenvalue weighted by Crippen LogP contribution is 2.24. The molecule has 2 aromatic carbocycles. The van der Waals surface area contributed by atoms with Gasteiger partial charge in [0.15, 0.2) is 0 Å². The number of ether oxygens (including phenoxy) is 1. The summed E-state index contributed by atoms with van der Waals surface area (Å²) in [5.74, 6) is 0.108. The van der Waals surface area contributed by atoms with Crippen molar-refractivity contribution in [2.45, 2.75) is 19.8 Å². The van der Waals surface area contributed by atoms with E-state index in [1.54, 1.807) is 42.5 Å². The van der Waals surface area contributed by atoms with Crippen LogP contribution in [0.5, 0.6) is 5.75 Å². The Morgan fingerprint density at radius 3 is 2.64 bits per heavy atom. The fraction of sp³-hybridized carbons (Fsp3) is 0.200. The smallest absolute Gasteiger partial charge is 0.266 e. The molecule has 0 aliphatic rings. The maximum Gasteiger partial charge on any atom is 0.266 e. The van der Waals surface area contributed by atoms with Crippen LogP contribution in [0.4, 0.5) is 5.69 Å². The lowest BCUT2D eigenvalue weighted by molar-refractivity contribution is -0.112. The molecule has 0 heterocycles. The van der Waals surface area contributed by atoms with Gasteiger partial charge >= 0.3 is 0 Å². The highest BCUT2D eigenvalue weighted by Gasteiger charge is 2.12. The molecule has 0 unspecified atom stereocenters. The molecule has 1 N–H and O–H groups in total. The first kappa shape index (κ1) is 18.6. The Morgan fingerprint density at radius 2 is 1.96 bits per heavy atom. The van der Waals surface area contributed by atoms with E-state index in [1.165, 1.54) is 6.08 Å². The number of amides is 1. The zero-order chi connectivity index (χ0) is 18.1. The second-order valence-corrected chi connectivity index (χ2v) is 5.81. The second kappa shape index (κ2) is 9.51. The standard InChI is InChI=1S/C20H19ClN2O2/c1-2-3-12-25-19-7-5-4-6-18(19)23-20(24)16(14-22)13-15-8-10-17(21)11-9-15/h4-11,13H,2-3,12H2,1H3,(H,23,24)/b16-13+. The Bertz CT molecular complexity index is 792. The molecule has 25 heavy (non-hydrogen) atoms. The van der Waals surface area contributed by atoms with Gasteiger partial charge in [0.2, 0.25) is 0 Å². The van der Waals surface area contributed by atoms with Crippen molar-refractivity contribution in [1.82, 2.24) is 0 Å². The third-order valence-electron chi connectivity index (χ3n) is 3.44. The Labute approximate surface area is 152 Å². The summed E-state index contributed by atoms with van der Waals surface area (Å²) in [4.78, 5) is 12.4. The van der Waals surface area contributed by atoms with Crippen LogP contribution in [-0.4, -0.2) is 12.5 Å². The van der Waals surface area contributed by atoms with Gasteiger partial charge in [0, 0.05) is 5.02 Å². The van der Waals surface area contributed by atoms with Crippen molar-refractivity contribution in [2.75, 3.05) is 11.9 Å². The first-order valence-electron chi connectivity index (χ1n) is 8.04. The number of anilines is 1. The lowest BCUT2D eigenvalue weighted by Gasteiger charge is -2.12. The van der Waals surface area contributed by atoms with Gasteiger partial charge in [-0.3, -0.25) is 4.79 Å². The summed E-state index contributed by atoms with van der Waals surface area (Å²) in [7, 11) is 0. The first-order valence-corrected chi connectivity index (χ1v) is 8.42. The number of nitriles is 1. The van der Waals surface area contributed by atoms with E-state index in [4.69, 9.17) is 16.3 Å². The van der Waals surface area contributed by atoms with E-state index in [-0.39, 0.29) is 5.57 Å². The van der Waals surface area contributed by atoms with Gasteiger partial charge < -0.3 is 10.1 Å². The van der Waals surface area contributed by atoms with Crippen LogP contribution in [0.1, 0.15) is 25.3 Å². The van der Waals surface area contributed by atoms with Gasteiger partial charge in [0.1, 0.15) is 17.4 Å². The summed E-state index contributed by atoms with van der Waals surface area (Å²) in [5.41, 5.74) is 1.27. The molecule has 2 aromatic rings. The number of carbonyl (C=O) groups excluding carboxylic acids is 1. The SMILES string of the molecule is CCCCOc1ccccc1NC(=O)/C(C#N)=C/c1ccc(Cl)cc1. The topological polar surface area (TPSA) is 62.1 Å². The maximum absolute atomic E-state index is 12.4. The van der Waals surface area contributed by atoms with Crippen LogP contribution in [0.25, 0.3) is 6.08 Å². The molecule has 0 saturated heterocycles. The summed E-state index contributed by atoms with van der Waals surface area (Å²) >= 11 is 5.84. The molecule has 0 fully saturated rings. The fourth-order valence-corrected chi connectivity index (χ4v) is 2.21. The highest BCUT2D eigenvalue weighted by molar-refractivity contribution is 6.30. The summed E-state index contributed by atoms with van der Waals surface area (Å²) in [6, 6.07) is 16.0. The Balaban J connectivity index is 2.14. The van der Waals surface area contributed by atoms with Crippen molar-refractivity contribution >= 4 is 29.3 Å². The molecule has 1 amide bonds. The Morgan fingerprint density at radius 1 is 1.24 bits per heavy atom. The summed E-state index contributed by atoms with van der Waals surface area (Å²) in [5, 5.41) is 12.6. The minimum absolute atomic E-state index is 0.00526. The molecule has 5 heteroatoms. The largest absolute Gasteiger partial charge is 0.491 e. The van der Waals surface area contributed by atoms with E-state index in [9.17, 15) is 10.1 Å². The van der Waals surface area contributed by atoms with Gasteiger partial charge in [0.05, 0.1) is 12.3 Å². The zero-order valence-corrected chi connectivity index (χ0v) is 14.7. The third-order valence-corrected chi connectivity index (χ3v) is 3.69. The van der Waals surface area contributed by atoms with Crippen molar-refractivity contribution in [1.29, 1.82) is 5.26 Å². The monoisotopic (exact) mass is 354 g/mol. The molecule has 4 nitrogen and oxygen atoms in total. The minimum Gasteiger partial charge on any atom is -0.491 e. The van der Waals surface area contributed by atoms with Crippen LogP contribution in [-0.2, 0) is 4.79 Å². The van der Waals surface area contributed by atoms with E-state index in [0.717, 1.165) is 18.4 Å². The van der Waals surface area contributed by atoms with E-state index in [1.807, 2.05) is 12.1 Å². The molecule has 0 atom stereocenters. The third kappa shape index (κ3) is 5.66. The minimum atomic E-state index is -0.482. The van der Waals surface area contributed by atoms with Crippen LogP contribution in [0, 0.1) is 11.3 Å². The fourth-order valence-electron chi connectivity index (χ4n) is 2.09. The molecule has 2 rings (SSSR count). The number of carbonyl (C=O) groups is 1. The van der Waals surface area contributed by atoms with Gasteiger partial charge in [0.25, 0.3) is 5.91 Å². The quantitative estimate of drug-likeness (QED) is 0.429. The summed E-state index contributed by atoms with van der Waals surface area (Å²) in [6.07, 6.45) is 3.48. The molecule has 0 saturated carbocycles. The zero-order valence-electron chi connectivity index (χ0n) is 14.0. The van der Waals surface area contributed by atoms with Gasteiger partial charge in [-0.05, 0) is 42.3 Å². The van der Waals surface area contributed by atoms with Crippen molar-refractivity contribution in [3.8, 4) is 11.8 Å². The maximum atomic E-state index is 12.4. The molecule has 0 bridgehead atoms. The van der Waals surface area contributed by atoms with E-state index < -0.39 is 5.91 Å².